The molecule has 1 aromatic rings. The van der Waals surface area contributed by atoms with Gasteiger partial charge in [-0.1, -0.05) is 13.8 Å². The van der Waals surface area contributed by atoms with Gasteiger partial charge in [-0.3, -0.25) is 0 Å². The molecule has 0 radical (unpaired) electrons. The fraction of sp³-hybridized carbons (Fsp3) is 0.600. The number of aliphatic hydroxyl groups excluding tert-OH is 1. The van der Waals surface area contributed by atoms with Gasteiger partial charge in [0.05, 0.1) is 6.26 Å². The third kappa shape index (κ3) is 3.81. The van der Waals surface area contributed by atoms with E-state index in [1.165, 1.54) is 10.6 Å². The molecule has 0 bridgehead atoms. The maximum absolute atomic E-state index is 11.7. The van der Waals surface area contributed by atoms with E-state index >= 15 is 0 Å². The van der Waals surface area contributed by atoms with E-state index < -0.39 is 16.3 Å². The molecule has 0 fully saturated rings. The van der Waals surface area contributed by atoms with Crippen molar-refractivity contribution in [3.63, 3.8) is 0 Å². The summed E-state index contributed by atoms with van der Waals surface area (Å²) in [5.74, 6) is 0.340. The lowest BCUT2D eigenvalue weighted by molar-refractivity contribution is 0.153. The summed E-state index contributed by atoms with van der Waals surface area (Å²) >= 11 is 0. The number of hydrogen-bond acceptors (Lipinski definition) is 4. The molecule has 1 rings (SSSR count). The van der Waals surface area contributed by atoms with Crippen molar-refractivity contribution in [3.05, 3.63) is 24.2 Å². The number of furan rings is 1. The Bertz CT molecular complexity index is 412. The molecule has 6 nitrogen and oxygen atoms in total. The fourth-order valence-electron chi connectivity index (χ4n) is 1.42. The van der Waals surface area contributed by atoms with Crippen LogP contribution in [-0.2, 0) is 10.2 Å². The summed E-state index contributed by atoms with van der Waals surface area (Å²) in [4.78, 5) is 0. The van der Waals surface area contributed by atoms with Gasteiger partial charge < -0.3 is 9.52 Å². The summed E-state index contributed by atoms with van der Waals surface area (Å²) in [7, 11) is -3.53. The highest BCUT2D eigenvalue weighted by molar-refractivity contribution is 7.87. The van der Waals surface area contributed by atoms with E-state index in [-0.39, 0.29) is 6.54 Å². The molecule has 2 N–H and O–H groups in total. The molecule has 17 heavy (non-hydrogen) atoms. The van der Waals surface area contributed by atoms with Crippen LogP contribution in [0.25, 0.3) is 0 Å². The smallest absolute Gasteiger partial charge is 0.279 e. The molecule has 0 aliphatic rings. The van der Waals surface area contributed by atoms with E-state index in [1.807, 2.05) is 0 Å². The standard InChI is InChI=1S/C10H18N2O4S/c1-3-12(4-2)17(14,15)11-8-9(13)10-6-5-7-16-10/h5-7,9,11,13H,3-4,8H2,1-2H3. The lowest BCUT2D eigenvalue weighted by Gasteiger charge is -2.19. The molecule has 0 aromatic carbocycles. The third-order valence-electron chi connectivity index (χ3n) is 2.38. The Morgan fingerprint density at radius 2 is 2.12 bits per heavy atom. The highest BCUT2D eigenvalue weighted by Crippen LogP contribution is 2.12. The number of nitrogens with zero attached hydrogens (tertiary/aromatic N) is 1. The monoisotopic (exact) mass is 262 g/mol. The SMILES string of the molecule is CCN(CC)S(=O)(=O)NCC(O)c1ccco1. The topological polar surface area (TPSA) is 82.8 Å². The second-order valence-corrected chi connectivity index (χ2v) is 5.22. The number of aliphatic hydroxyl groups is 1. The predicted molar refractivity (Wildman–Crippen MR) is 63.5 cm³/mol. The van der Waals surface area contributed by atoms with Gasteiger partial charge in [0.25, 0.3) is 10.2 Å². The molecule has 1 unspecified atom stereocenters. The largest absolute Gasteiger partial charge is 0.467 e. The molecule has 0 aliphatic heterocycles. The molecule has 0 spiro atoms. The van der Waals surface area contributed by atoms with Crippen LogP contribution in [0.15, 0.2) is 22.8 Å². The molecule has 0 saturated heterocycles. The lowest BCUT2D eigenvalue weighted by Crippen LogP contribution is -2.42. The van der Waals surface area contributed by atoms with Crippen molar-refractivity contribution in [1.82, 2.24) is 9.03 Å². The van der Waals surface area contributed by atoms with Gasteiger partial charge in [0.15, 0.2) is 0 Å². The third-order valence-corrected chi connectivity index (χ3v) is 4.10. The Morgan fingerprint density at radius 1 is 1.47 bits per heavy atom. The zero-order valence-electron chi connectivity index (χ0n) is 9.96. The fourth-order valence-corrected chi connectivity index (χ4v) is 2.65. The van der Waals surface area contributed by atoms with E-state index in [9.17, 15) is 13.5 Å². The quantitative estimate of drug-likeness (QED) is 0.749. The molecular formula is C10H18N2O4S. The summed E-state index contributed by atoms with van der Waals surface area (Å²) in [5, 5.41) is 9.66. The molecule has 1 heterocycles. The second kappa shape index (κ2) is 6.15. The zero-order valence-corrected chi connectivity index (χ0v) is 10.8. The van der Waals surface area contributed by atoms with Crippen LogP contribution >= 0.6 is 0 Å². The van der Waals surface area contributed by atoms with E-state index in [4.69, 9.17) is 4.42 Å². The van der Waals surface area contributed by atoms with Crippen molar-refractivity contribution in [3.8, 4) is 0 Å². The van der Waals surface area contributed by atoms with Gasteiger partial charge in [-0.05, 0) is 12.1 Å². The summed E-state index contributed by atoms with van der Waals surface area (Å²) < 4.78 is 32.1. The minimum Gasteiger partial charge on any atom is -0.467 e. The summed E-state index contributed by atoms with van der Waals surface area (Å²) in [6, 6.07) is 3.23. The molecular weight excluding hydrogens is 244 g/mol. The van der Waals surface area contributed by atoms with Gasteiger partial charge in [-0.25, -0.2) is 0 Å². The average Bonchev–Trinajstić information content (AvgIpc) is 2.80. The molecule has 1 aromatic heterocycles. The van der Waals surface area contributed by atoms with Crippen LogP contribution in [0.5, 0.6) is 0 Å². The molecule has 0 amide bonds. The van der Waals surface area contributed by atoms with Crippen molar-refractivity contribution >= 4 is 10.2 Å². The molecule has 0 aliphatic carbocycles. The van der Waals surface area contributed by atoms with Crippen LogP contribution in [0.4, 0.5) is 0 Å². The molecule has 1 atom stereocenters. The molecule has 98 valence electrons. The van der Waals surface area contributed by atoms with E-state index in [0.717, 1.165) is 0 Å². The van der Waals surface area contributed by atoms with Crippen LogP contribution in [0.1, 0.15) is 25.7 Å². The first-order valence-corrected chi connectivity index (χ1v) is 6.91. The Morgan fingerprint density at radius 3 is 2.59 bits per heavy atom. The maximum Gasteiger partial charge on any atom is 0.279 e. The van der Waals surface area contributed by atoms with E-state index in [2.05, 4.69) is 4.72 Å². The van der Waals surface area contributed by atoms with Gasteiger partial charge >= 0.3 is 0 Å². The second-order valence-electron chi connectivity index (χ2n) is 3.47. The normalized spacial score (nSPS) is 14.1. The summed E-state index contributed by atoms with van der Waals surface area (Å²) in [6.45, 7) is 4.19. The van der Waals surface area contributed by atoms with Crippen molar-refractivity contribution < 1.29 is 17.9 Å². The van der Waals surface area contributed by atoms with Crippen molar-refractivity contribution in [2.75, 3.05) is 19.6 Å². The van der Waals surface area contributed by atoms with Crippen LogP contribution in [-0.4, -0.2) is 37.5 Å². The minimum atomic E-state index is -3.53. The maximum atomic E-state index is 11.7. The average molecular weight is 262 g/mol. The van der Waals surface area contributed by atoms with Crippen LogP contribution in [0, 0.1) is 0 Å². The Hall–Kier alpha value is -0.890. The van der Waals surface area contributed by atoms with Gasteiger partial charge in [-0.15, -0.1) is 0 Å². The van der Waals surface area contributed by atoms with Crippen molar-refractivity contribution in [2.24, 2.45) is 0 Å². The van der Waals surface area contributed by atoms with Crippen LogP contribution in [0.3, 0.4) is 0 Å². The van der Waals surface area contributed by atoms with E-state index in [0.29, 0.717) is 18.8 Å². The lowest BCUT2D eigenvalue weighted by atomic mass is 10.3. The Balaban J connectivity index is 2.55. The Kier molecular flexibility index (Phi) is 5.13. The van der Waals surface area contributed by atoms with Crippen molar-refractivity contribution in [2.45, 2.75) is 20.0 Å². The molecule has 7 heteroatoms. The van der Waals surface area contributed by atoms with Gasteiger partial charge in [0.1, 0.15) is 11.9 Å². The van der Waals surface area contributed by atoms with Gasteiger partial charge in [-0.2, -0.15) is 17.4 Å². The number of hydrogen-bond donors (Lipinski definition) is 2. The van der Waals surface area contributed by atoms with Gasteiger partial charge in [0.2, 0.25) is 0 Å². The zero-order chi connectivity index (χ0) is 12.9. The summed E-state index contributed by atoms with van der Waals surface area (Å²) in [5.41, 5.74) is 0. The number of rotatable bonds is 7. The van der Waals surface area contributed by atoms with Crippen LogP contribution < -0.4 is 4.72 Å². The first-order chi connectivity index (χ1) is 8.01. The van der Waals surface area contributed by atoms with E-state index in [1.54, 1.807) is 26.0 Å². The minimum absolute atomic E-state index is 0.105. The van der Waals surface area contributed by atoms with Crippen LogP contribution in [0.2, 0.25) is 0 Å². The highest BCUT2D eigenvalue weighted by Gasteiger charge is 2.20. The van der Waals surface area contributed by atoms with Gasteiger partial charge in [0, 0.05) is 19.6 Å². The first kappa shape index (κ1) is 14.2. The molecule has 0 saturated carbocycles. The number of nitrogens with one attached hydrogen (secondary N) is 1. The highest BCUT2D eigenvalue weighted by atomic mass is 32.2. The Labute approximate surface area is 101 Å². The van der Waals surface area contributed by atoms with Crippen molar-refractivity contribution in [1.29, 1.82) is 0 Å². The first-order valence-electron chi connectivity index (χ1n) is 5.47. The predicted octanol–water partition coefficient (Wildman–Crippen LogP) is 0.489. The summed E-state index contributed by atoms with van der Waals surface area (Å²) in [6.07, 6.45) is 0.451.